The van der Waals surface area contributed by atoms with Crippen molar-refractivity contribution in [2.24, 2.45) is 0 Å². The van der Waals surface area contributed by atoms with E-state index in [2.05, 4.69) is 10.4 Å². The van der Waals surface area contributed by atoms with E-state index < -0.39 is 11.6 Å². The quantitative estimate of drug-likeness (QED) is 0.822. The Balaban J connectivity index is 2.27. The molecule has 0 amide bonds. The third-order valence-electron chi connectivity index (χ3n) is 3.26. The number of aromatic nitrogens is 2. The van der Waals surface area contributed by atoms with E-state index in [1.807, 2.05) is 20.8 Å². The van der Waals surface area contributed by atoms with Crippen LogP contribution in [0.25, 0.3) is 5.69 Å². The lowest BCUT2D eigenvalue weighted by molar-refractivity contribution is 0.551. The van der Waals surface area contributed by atoms with Gasteiger partial charge in [0.2, 0.25) is 0 Å². The zero-order chi connectivity index (χ0) is 15.4. The number of benzene rings is 1. The monoisotopic (exact) mass is 293 g/mol. The maximum atomic E-state index is 14.2. The first kappa shape index (κ1) is 15.6. The lowest BCUT2D eigenvalue weighted by Crippen LogP contribution is -2.14. The molecule has 2 aromatic rings. The van der Waals surface area contributed by atoms with E-state index in [0.29, 0.717) is 12.1 Å². The first-order valence-corrected chi connectivity index (χ1v) is 7.27. The van der Waals surface area contributed by atoms with Gasteiger partial charge in [0.1, 0.15) is 5.69 Å². The van der Waals surface area contributed by atoms with Crippen LogP contribution in [0.4, 0.5) is 8.78 Å². The highest BCUT2D eigenvalue weighted by Gasteiger charge is 2.15. The highest BCUT2D eigenvalue weighted by Crippen LogP contribution is 2.21. The van der Waals surface area contributed by atoms with Gasteiger partial charge in [-0.05, 0) is 42.6 Å². The Morgan fingerprint density at radius 1 is 1.24 bits per heavy atom. The van der Waals surface area contributed by atoms with Crippen molar-refractivity contribution in [2.45, 2.75) is 39.7 Å². The van der Waals surface area contributed by atoms with E-state index in [9.17, 15) is 8.78 Å². The van der Waals surface area contributed by atoms with Gasteiger partial charge in [-0.15, -0.1) is 0 Å². The minimum absolute atomic E-state index is 0.124. The van der Waals surface area contributed by atoms with E-state index in [4.69, 9.17) is 0 Å². The zero-order valence-electron chi connectivity index (χ0n) is 12.7. The normalized spacial score (nSPS) is 11.3. The van der Waals surface area contributed by atoms with Gasteiger partial charge >= 0.3 is 0 Å². The topological polar surface area (TPSA) is 29.9 Å². The summed E-state index contributed by atoms with van der Waals surface area (Å²) in [6.45, 7) is 7.30. The van der Waals surface area contributed by atoms with Crippen molar-refractivity contribution in [2.75, 3.05) is 6.54 Å². The lowest BCUT2D eigenvalue weighted by Gasteiger charge is -2.09. The summed E-state index contributed by atoms with van der Waals surface area (Å²) in [6.07, 6.45) is 2.57. The van der Waals surface area contributed by atoms with Crippen LogP contribution in [0.1, 0.15) is 44.4 Å². The maximum Gasteiger partial charge on any atom is 0.152 e. The highest BCUT2D eigenvalue weighted by atomic mass is 19.1. The summed E-state index contributed by atoms with van der Waals surface area (Å²) in [5.41, 5.74) is 1.28. The molecule has 0 aliphatic heterocycles. The van der Waals surface area contributed by atoms with Gasteiger partial charge in [0.25, 0.3) is 0 Å². The molecule has 0 aliphatic rings. The third-order valence-corrected chi connectivity index (χ3v) is 3.26. The summed E-state index contributed by atoms with van der Waals surface area (Å²) >= 11 is 0. The van der Waals surface area contributed by atoms with E-state index >= 15 is 0 Å². The van der Waals surface area contributed by atoms with Crippen molar-refractivity contribution in [1.82, 2.24) is 15.1 Å². The molecular weight excluding hydrogens is 272 g/mol. The van der Waals surface area contributed by atoms with Crippen molar-refractivity contribution in [3.8, 4) is 5.69 Å². The molecule has 0 spiro atoms. The van der Waals surface area contributed by atoms with Crippen molar-refractivity contribution in [3.05, 3.63) is 47.3 Å². The summed E-state index contributed by atoms with van der Waals surface area (Å²) in [4.78, 5) is 0. The molecule has 0 radical (unpaired) electrons. The lowest BCUT2D eigenvalue weighted by atomic mass is 10.1. The van der Waals surface area contributed by atoms with Crippen molar-refractivity contribution < 1.29 is 8.78 Å². The Morgan fingerprint density at radius 3 is 2.43 bits per heavy atom. The molecule has 0 bridgehead atoms. The average molecular weight is 293 g/mol. The summed E-state index contributed by atoms with van der Waals surface area (Å²) < 4.78 is 29.6. The van der Waals surface area contributed by atoms with Gasteiger partial charge in [0.05, 0.1) is 5.69 Å². The second kappa shape index (κ2) is 6.80. The van der Waals surface area contributed by atoms with Crippen LogP contribution < -0.4 is 5.32 Å². The summed E-state index contributed by atoms with van der Waals surface area (Å²) in [6, 6.07) is 4.50. The van der Waals surface area contributed by atoms with Crippen molar-refractivity contribution in [3.63, 3.8) is 0 Å². The second-order valence-electron chi connectivity index (χ2n) is 5.42. The molecule has 0 fully saturated rings. The molecule has 114 valence electrons. The van der Waals surface area contributed by atoms with E-state index in [1.54, 1.807) is 12.3 Å². The molecule has 1 aromatic carbocycles. The van der Waals surface area contributed by atoms with Crippen LogP contribution >= 0.6 is 0 Å². The first-order chi connectivity index (χ1) is 10.0. The molecule has 1 heterocycles. The van der Waals surface area contributed by atoms with E-state index in [0.717, 1.165) is 18.7 Å². The zero-order valence-corrected chi connectivity index (χ0v) is 12.7. The van der Waals surface area contributed by atoms with Gasteiger partial charge in [0, 0.05) is 12.7 Å². The van der Waals surface area contributed by atoms with Gasteiger partial charge in [-0.1, -0.05) is 20.8 Å². The second-order valence-corrected chi connectivity index (χ2v) is 5.42. The standard InChI is InChI=1S/C16H21F2N3/c1-4-6-19-10-12-8-13(17)16(14(18)9-12)21-7-5-15(20-21)11(2)3/h5,7-9,11,19H,4,6,10H2,1-3H3. The average Bonchev–Trinajstić information content (AvgIpc) is 2.88. The summed E-state index contributed by atoms with van der Waals surface area (Å²) in [5, 5.41) is 7.36. The van der Waals surface area contributed by atoms with Crippen LogP contribution in [-0.4, -0.2) is 16.3 Å². The molecule has 0 unspecified atom stereocenters. The summed E-state index contributed by atoms with van der Waals surface area (Å²) in [5.74, 6) is -0.974. The van der Waals surface area contributed by atoms with Crippen LogP contribution in [0.2, 0.25) is 0 Å². The Labute approximate surface area is 124 Å². The Bertz CT molecular complexity index is 582. The Hall–Kier alpha value is -1.75. The van der Waals surface area contributed by atoms with Gasteiger partial charge in [0.15, 0.2) is 11.6 Å². The molecule has 0 saturated carbocycles. The number of nitrogens with one attached hydrogen (secondary N) is 1. The Morgan fingerprint density at radius 2 is 1.90 bits per heavy atom. The SMILES string of the molecule is CCCNCc1cc(F)c(-n2ccc(C(C)C)n2)c(F)c1. The molecule has 0 saturated heterocycles. The van der Waals surface area contributed by atoms with Gasteiger partial charge in [-0.25, -0.2) is 13.5 Å². The van der Waals surface area contributed by atoms with Crippen LogP contribution in [0.3, 0.4) is 0 Å². The molecule has 2 rings (SSSR count). The van der Waals surface area contributed by atoms with Crippen LogP contribution in [-0.2, 0) is 6.54 Å². The molecule has 0 atom stereocenters. The number of hydrogen-bond acceptors (Lipinski definition) is 2. The summed E-state index contributed by atoms with van der Waals surface area (Å²) in [7, 11) is 0. The molecule has 5 heteroatoms. The fourth-order valence-corrected chi connectivity index (χ4v) is 2.12. The largest absolute Gasteiger partial charge is 0.313 e. The van der Waals surface area contributed by atoms with Crippen LogP contribution in [0.5, 0.6) is 0 Å². The van der Waals surface area contributed by atoms with E-state index in [-0.39, 0.29) is 11.6 Å². The molecular formula is C16H21F2N3. The fourth-order valence-electron chi connectivity index (χ4n) is 2.12. The number of halogens is 2. The maximum absolute atomic E-state index is 14.2. The first-order valence-electron chi connectivity index (χ1n) is 7.27. The molecule has 3 nitrogen and oxygen atoms in total. The minimum Gasteiger partial charge on any atom is -0.313 e. The molecule has 1 aromatic heterocycles. The number of nitrogens with zero attached hydrogens (tertiary/aromatic N) is 2. The van der Waals surface area contributed by atoms with Gasteiger partial charge in [-0.3, -0.25) is 0 Å². The minimum atomic E-state index is -0.596. The molecule has 1 N–H and O–H groups in total. The predicted molar refractivity (Wildman–Crippen MR) is 79.6 cm³/mol. The highest BCUT2D eigenvalue weighted by molar-refractivity contribution is 5.38. The molecule has 21 heavy (non-hydrogen) atoms. The van der Waals surface area contributed by atoms with Crippen molar-refractivity contribution >= 4 is 0 Å². The van der Waals surface area contributed by atoms with Crippen molar-refractivity contribution in [1.29, 1.82) is 0 Å². The number of rotatable bonds is 6. The predicted octanol–water partition coefficient (Wildman–Crippen LogP) is 3.77. The van der Waals surface area contributed by atoms with E-state index in [1.165, 1.54) is 16.8 Å². The fraction of sp³-hybridized carbons (Fsp3) is 0.438. The van der Waals surface area contributed by atoms with Crippen LogP contribution in [0, 0.1) is 11.6 Å². The number of hydrogen-bond donors (Lipinski definition) is 1. The Kier molecular flexibility index (Phi) is 5.07. The van der Waals surface area contributed by atoms with Gasteiger partial charge in [-0.2, -0.15) is 5.10 Å². The third kappa shape index (κ3) is 3.67. The smallest absolute Gasteiger partial charge is 0.152 e. The van der Waals surface area contributed by atoms with Gasteiger partial charge < -0.3 is 5.32 Å². The molecule has 0 aliphatic carbocycles. The van der Waals surface area contributed by atoms with Crippen LogP contribution in [0.15, 0.2) is 24.4 Å².